The fourth-order valence-electron chi connectivity index (χ4n) is 3.52. The Hall–Kier alpha value is -2.44. The average molecular weight is 351 g/mol. The summed E-state index contributed by atoms with van der Waals surface area (Å²) in [6.45, 7) is 3.80. The standard InChI is InChI=1S/C20H25N5O/c1-3-8-18(9-4-1)25-22-15-17(23-25)14-21-16-19(20-10-7-13-26-20)24-11-5-2-6-12-24/h1,3-4,7-10,13,15,19,21H,2,5-6,11-12,14,16H2. The first kappa shape index (κ1) is 17.0. The van der Waals surface area contributed by atoms with E-state index >= 15 is 0 Å². The third kappa shape index (κ3) is 4.03. The summed E-state index contributed by atoms with van der Waals surface area (Å²) in [5.41, 5.74) is 1.91. The largest absolute Gasteiger partial charge is 0.468 e. The van der Waals surface area contributed by atoms with Crippen LogP contribution in [0.1, 0.15) is 36.8 Å². The van der Waals surface area contributed by atoms with Crippen molar-refractivity contribution in [3.8, 4) is 5.69 Å². The van der Waals surface area contributed by atoms with Crippen LogP contribution < -0.4 is 5.32 Å². The number of benzene rings is 1. The summed E-state index contributed by atoms with van der Waals surface area (Å²) in [7, 11) is 0. The maximum absolute atomic E-state index is 5.70. The van der Waals surface area contributed by atoms with E-state index in [2.05, 4.69) is 26.5 Å². The predicted octanol–water partition coefficient (Wildman–Crippen LogP) is 3.18. The van der Waals surface area contributed by atoms with Gasteiger partial charge in [-0.05, 0) is 50.2 Å². The molecule has 3 heterocycles. The Balaban J connectivity index is 1.37. The van der Waals surface area contributed by atoms with Gasteiger partial charge in [0.15, 0.2) is 0 Å². The molecule has 1 unspecified atom stereocenters. The van der Waals surface area contributed by atoms with Gasteiger partial charge < -0.3 is 9.73 Å². The van der Waals surface area contributed by atoms with Gasteiger partial charge in [0.1, 0.15) is 5.76 Å². The molecule has 0 spiro atoms. The van der Waals surface area contributed by atoms with Gasteiger partial charge in [0.25, 0.3) is 0 Å². The lowest BCUT2D eigenvalue weighted by molar-refractivity contribution is 0.142. The Morgan fingerprint density at radius 1 is 1.04 bits per heavy atom. The molecular formula is C20H25N5O. The van der Waals surface area contributed by atoms with Crippen LogP contribution >= 0.6 is 0 Å². The molecule has 0 aliphatic carbocycles. The van der Waals surface area contributed by atoms with Crippen LogP contribution in [-0.4, -0.2) is 39.5 Å². The van der Waals surface area contributed by atoms with Crippen LogP contribution in [0.15, 0.2) is 59.3 Å². The van der Waals surface area contributed by atoms with Crippen LogP contribution in [0.25, 0.3) is 5.69 Å². The summed E-state index contributed by atoms with van der Waals surface area (Å²) in [4.78, 5) is 4.20. The second-order valence-corrected chi connectivity index (χ2v) is 6.72. The van der Waals surface area contributed by atoms with Crippen molar-refractivity contribution >= 4 is 0 Å². The van der Waals surface area contributed by atoms with E-state index < -0.39 is 0 Å². The minimum atomic E-state index is 0.273. The summed E-state index contributed by atoms with van der Waals surface area (Å²) in [6, 6.07) is 14.3. The zero-order valence-corrected chi connectivity index (χ0v) is 14.9. The number of likely N-dealkylation sites (tertiary alicyclic amines) is 1. The zero-order chi connectivity index (χ0) is 17.6. The van der Waals surface area contributed by atoms with Gasteiger partial charge in [0.2, 0.25) is 0 Å². The van der Waals surface area contributed by atoms with E-state index in [9.17, 15) is 0 Å². The van der Waals surface area contributed by atoms with E-state index in [4.69, 9.17) is 4.42 Å². The highest BCUT2D eigenvalue weighted by molar-refractivity contribution is 5.28. The minimum absolute atomic E-state index is 0.273. The fraction of sp³-hybridized carbons (Fsp3) is 0.400. The van der Waals surface area contributed by atoms with E-state index in [1.54, 1.807) is 11.1 Å². The predicted molar refractivity (Wildman–Crippen MR) is 99.9 cm³/mol. The zero-order valence-electron chi connectivity index (χ0n) is 14.9. The van der Waals surface area contributed by atoms with Crippen molar-refractivity contribution in [1.29, 1.82) is 0 Å². The lowest BCUT2D eigenvalue weighted by Crippen LogP contribution is -2.38. The molecule has 136 valence electrons. The molecule has 6 heteroatoms. The number of rotatable bonds is 7. The van der Waals surface area contributed by atoms with Gasteiger partial charge in [-0.3, -0.25) is 4.90 Å². The van der Waals surface area contributed by atoms with Crippen LogP contribution in [0.5, 0.6) is 0 Å². The van der Waals surface area contributed by atoms with Gasteiger partial charge in [-0.25, -0.2) is 0 Å². The second kappa shape index (κ2) is 8.29. The van der Waals surface area contributed by atoms with Gasteiger partial charge >= 0.3 is 0 Å². The van der Waals surface area contributed by atoms with E-state index in [1.807, 2.05) is 42.6 Å². The van der Waals surface area contributed by atoms with Gasteiger partial charge in [-0.15, -0.1) is 0 Å². The number of aromatic nitrogens is 3. The van der Waals surface area contributed by atoms with Crippen molar-refractivity contribution in [2.24, 2.45) is 0 Å². The number of nitrogens with zero attached hydrogens (tertiary/aromatic N) is 4. The molecule has 2 aromatic heterocycles. The molecule has 1 N–H and O–H groups in total. The average Bonchev–Trinajstić information content (AvgIpc) is 3.39. The highest BCUT2D eigenvalue weighted by Crippen LogP contribution is 2.24. The Kier molecular flexibility index (Phi) is 5.42. The third-order valence-corrected chi connectivity index (χ3v) is 4.87. The lowest BCUT2D eigenvalue weighted by atomic mass is 10.1. The van der Waals surface area contributed by atoms with Crippen molar-refractivity contribution in [2.45, 2.75) is 31.8 Å². The Labute approximate surface area is 153 Å². The molecule has 0 radical (unpaired) electrons. The monoisotopic (exact) mass is 351 g/mol. The SMILES string of the molecule is c1ccc(-n2ncc(CNCC(c3ccco3)N3CCCCC3)n2)cc1. The smallest absolute Gasteiger partial charge is 0.122 e. The Morgan fingerprint density at radius 3 is 2.65 bits per heavy atom. The molecule has 1 atom stereocenters. The summed E-state index contributed by atoms with van der Waals surface area (Å²) >= 11 is 0. The number of hydrogen-bond acceptors (Lipinski definition) is 5. The lowest BCUT2D eigenvalue weighted by Gasteiger charge is -2.33. The van der Waals surface area contributed by atoms with E-state index in [0.717, 1.165) is 36.8 Å². The number of furan rings is 1. The van der Waals surface area contributed by atoms with Crippen LogP contribution in [0.3, 0.4) is 0 Å². The maximum Gasteiger partial charge on any atom is 0.122 e. The van der Waals surface area contributed by atoms with E-state index in [1.165, 1.54) is 19.3 Å². The first-order valence-corrected chi connectivity index (χ1v) is 9.35. The number of nitrogens with one attached hydrogen (secondary N) is 1. The maximum atomic E-state index is 5.70. The first-order valence-electron chi connectivity index (χ1n) is 9.35. The topological polar surface area (TPSA) is 59.1 Å². The number of para-hydroxylation sites is 1. The highest BCUT2D eigenvalue weighted by atomic mass is 16.3. The Bertz CT molecular complexity index is 778. The summed E-state index contributed by atoms with van der Waals surface area (Å²) in [5.74, 6) is 1.03. The van der Waals surface area contributed by atoms with Crippen molar-refractivity contribution in [2.75, 3.05) is 19.6 Å². The summed E-state index contributed by atoms with van der Waals surface area (Å²) < 4.78 is 5.70. The molecule has 26 heavy (non-hydrogen) atoms. The highest BCUT2D eigenvalue weighted by Gasteiger charge is 2.24. The van der Waals surface area contributed by atoms with Crippen molar-refractivity contribution in [3.05, 3.63) is 66.4 Å². The summed E-state index contributed by atoms with van der Waals surface area (Å²) in [6.07, 6.45) is 7.45. The van der Waals surface area contributed by atoms with Crippen LogP contribution in [0, 0.1) is 0 Å². The molecule has 1 fully saturated rings. The van der Waals surface area contributed by atoms with E-state index in [0.29, 0.717) is 6.54 Å². The van der Waals surface area contributed by atoms with Gasteiger partial charge in [0.05, 0.1) is 29.9 Å². The molecule has 1 aliphatic heterocycles. The molecular weight excluding hydrogens is 326 g/mol. The number of piperidine rings is 1. The van der Waals surface area contributed by atoms with Gasteiger partial charge in [-0.1, -0.05) is 24.6 Å². The Morgan fingerprint density at radius 2 is 1.88 bits per heavy atom. The molecule has 1 aromatic carbocycles. The molecule has 3 aromatic rings. The van der Waals surface area contributed by atoms with Crippen LogP contribution in [-0.2, 0) is 6.54 Å². The quantitative estimate of drug-likeness (QED) is 0.708. The summed E-state index contributed by atoms with van der Waals surface area (Å²) in [5, 5.41) is 12.5. The fourth-order valence-corrected chi connectivity index (χ4v) is 3.52. The van der Waals surface area contributed by atoms with Crippen LogP contribution in [0.2, 0.25) is 0 Å². The van der Waals surface area contributed by atoms with Crippen molar-refractivity contribution < 1.29 is 4.42 Å². The molecule has 4 rings (SSSR count). The molecule has 1 aliphatic rings. The molecule has 0 saturated carbocycles. The van der Waals surface area contributed by atoms with E-state index in [-0.39, 0.29) is 6.04 Å². The molecule has 1 saturated heterocycles. The normalized spacial score (nSPS) is 16.6. The molecule has 0 bridgehead atoms. The third-order valence-electron chi connectivity index (χ3n) is 4.87. The first-order chi connectivity index (χ1) is 12.9. The van der Waals surface area contributed by atoms with Crippen LogP contribution in [0.4, 0.5) is 0 Å². The minimum Gasteiger partial charge on any atom is -0.468 e. The second-order valence-electron chi connectivity index (χ2n) is 6.72. The molecule has 0 amide bonds. The van der Waals surface area contributed by atoms with Gasteiger partial charge in [0, 0.05) is 13.1 Å². The molecule has 6 nitrogen and oxygen atoms in total. The van der Waals surface area contributed by atoms with Gasteiger partial charge in [-0.2, -0.15) is 15.0 Å². The van der Waals surface area contributed by atoms with Crippen molar-refractivity contribution in [1.82, 2.24) is 25.2 Å². The van der Waals surface area contributed by atoms with Crippen molar-refractivity contribution in [3.63, 3.8) is 0 Å². The number of hydrogen-bond donors (Lipinski definition) is 1.